The largest absolute Gasteiger partial charge is 0.497 e. The van der Waals surface area contributed by atoms with Crippen molar-refractivity contribution in [2.45, 2.75) is 19.1 Å². The molecule has 20 heavy (non-hydrogen) atoms. The van der Waals surface area contributed by atoms with Gasteiger partial charge in [-0.3, -0.25) is 14.9 Å². The summed E-state index contributed by atoms with van der Waals surface area (Å²) in [6.45, 7) is 1.05. The van der Waals surface area contributed by atoms with E-state index < -0.39 is 17.1 Å². The van der Waals surface area contributed by atoms with Crippen LogP contribution in [0.2, 0.25) is 0 Å². The first-order chi connectivity index (χ1) is 9.36. The molecule has 1 amide bonds. The van der Waals surface area contributed by atoms with Crippen LogP contribution in [0.4, 0.5) is 5.69 Å². The number of aliphatic hydroxyl groups is 2. The van der Waals surface area contributed by atoms with Gasteiger partial charge >= 0.3 is 0 Å². The van der Waals surface area contributed by atoms with Gasteiger partial charge in [0.1, 0.15) is 18.0 Å². The number of aliphatic hydroxyl groups excluding tert-OH is 2. The smallest absolute Gasteiger partial charge is 0.279 e. The first-order valence-corrected chi connectivity index (χ1v) is 5.79. The van der Waals surface area contributed by atoms with Gasteiger partial charge in [0, 0.05) is 13.5 Å². The summed E-state index contributed by atoms with van der Waals surface area (Å²) in [5.74, 6) is -0.107. The third kappa shape index (κ3) is 3.90. The van der Waals surface area contributed by atoms with E-state index in [1.54, 1.807) is 0 Å². The van der Waals surface area contributed by atoms with E-state index in [0.717, 1.165) is 6.07 Å². The number of benzene rings is 1. The second-order valence-corrected chi connectivity index (χ2v) is 4.13. The lowest BCUT2D eigenvalue weighted by Gasteiger charge is -2.18. The van der Waals surface area contributed by atoms with Crippen molar-refractivity contribution < 1.29 is 24.7 Å². The Morgan fingerprint density at radius 3 is 2.65 bits per heavy atom. The van der Waals surface area contributed by atoms with Crippen LogP contribution < -0.4 is 10.1 Å². The van der Waals surface area contributed by atoms with Crippen molar-refractivity contribution in [3.8, 4) is 5.75 Å². The summed E-state index contributed by atoms with van der Waals surface area (Å²) in [5.41, 5.74) is -0.410. The molecule has 2 atom stereocenters. The number of nitrogens with one attached hydrogen (secondary N) is 1. The fraction of sp³-hybridized carbons (Fsp3) is 0.417. The van der Waals surface area contributed by atoms with Crippen molar-refractivity contribution in [3.63, 3.8) is 0 Å². The van der Waals surface area contributed by atoms with Crippen LogP contribution in [-0.2, 0) is 4.79 Å². The van der Waals surface area contributed by atoms with Gasteiger partial charge in [0.05, 0.1) is 23.7 Å². The quantitative estimate of drug-likeness (QED) is 0.504. The maximum absolute atomic E-state index is 11.0. The van der Waals surface area contributed by atoms with Crippen LogP contribution in [0.25, 0.3) is 0 Å². The number of nitro benzene ring substituents is 1. The Hall–Kier alpha value is -2.19. The molecule has 0 fully saturated rings. The average Bonchev–Trinajstić information content (AvgIpc) is 2.43. The molecule has 8 heteroatoms. The molecule has 0 bridgehead atoms. The number of rotatable bonds is 6. The van der Waals surface area contributed by atoms with Crippen molar-refractivity contribution in [2.24, 2.45) is 0 Å². The van der Waals surface area contributed by atoms with E-state index in [2.05, 4.69) is 5.32 Å². The average molecular weight is 284 g/mol. The Bertz CT molecular complexity index is 505. The van der Waals surface area contributed by atoms with Crippen molar-refractivity contribution in [3.05, 3.63) is 33.9 Å². The maximum atomic E-state index is 11.0. The number of nitro groups is 1. The summed E-state index contributed by atoms with van der Waals surface area (Å²) in [7, 11) is 1.36. The Morgan fingerprint density at radius 2 is 2.15 bits per heavy atom. The first kappa shape index (κ1) is 15.9. The summed E-state index contributed by atoms with van der Waals surface area (Å²) < 4.78 is 4.87. The van der Waals surface area contributed by atoms with Crippen LogP contribution in [0.1, 0.15) is 18.6 Å². The Balaban J connectivity index is 2.99. The molecule has 0 aliphatic rings. The van der Waals surface area contributed by atoms with E-state index >= 15 is 0 Å². The summed E-state index contributed by atoms with van der Waals surface area (Å²) >= 11 is 0. The molecule has 1 aromatic rings. The van der Waals surface area contributed by atoms with Gasteiger partial charge in [-0.05, 0) is 12.1 Å². The highest BCUT2D eigenvalue weighted by Gasteiger charge is 2.26. The molecule has 0 saturated heterocycles. The second-order valence-electron chi connectivity index (χ2n) is 4.13. The molecule has 1 rings (SSSR count). The minimum Gasteiger partial charge on any atom is -0.497 e. The number of ether oxygens (including phenoxy) is 1. The van der Waals surface area contributed by atoms with Gasteiger partial charge in [-0.1, -0.05) is 0 Å². The zero-order chi connectivity index (χ0) is 15.3. The third-order valence-electron chi connectivity index (χ3n) is 2.68. The van der Waals surface area contributed by atoms with E-state index in [0.29, 0.717) is 0 Å². The molecule has 0 spiro atoms. The number of methoxy groups -OCH3 is 1. The van der Waals surface area contributed by atoms with Crippen molar-refractivity contribution >= 4 is 11.6 Å². The normalized spacial score (nSPS) is 13.4. The summed E-state index contributed by atoms with van der Waals surface area (Å²) in [4.78, 5) is 21.0. The molecular formula is C12H16N2O6. The number of carbonyl (C=O) groups is 1. The fourth-order valence-electron chi connectivity index (χ4n) is 1.63. The van der Waals surface area contributed by atoms with Crippen LogP contribution >= 0.6 is 0 Å². The third-order valence-corrected chi connectivity index (χ3v) is 2.68. The predicted molar refractivity (Wildman–Crippen MR) is 69.3 cm³/mol. The van der Waals surface area contributed by atoms with E-state index in [1.165, 1.54) is 26.2 Å². The van der Waals surface area contributed by atoms with Crippen LogP contribution in [0.15, 0.2) is 18.2 Å². The standard InChI is InChI=1S/C12H16N2O6/c1-7(15)13-6-11(16)12(17)9-4-3-8(20-2)5-10(9)14(18)19/h3-5,11-12,16-17H,6H2,1-2H3,(H,13,15). The van der Waals surface area contributed by atoms with E-state index in [1.807, 2.05) is 0 Å². The van der Waals surface area contributed by atoms with E-state index in [4.69, 9.17) is 4.74 Å². The monoisotopic (exact) mass is 284 g/mol. The number of nitrogens with zero attached hydrogens (tertiary/aromatic N) is 1. The molecule has 0 aromatic heterocycles. The number of amides is 1. The maximum Gasteiger partial charge on any atom is 0.279 e. The van der Waals surface area contributed by atoms with Crippen LogP contribution in [-0.4, -0.2) is 40.8 Å². The summed E-state index contributed by atoms with van der Waals surface area (Å²) in [6, 6.07) is 3.90. The van der Waals surface area contributed by atoms with Gasteiger partial charge in [0.25, 0.3) is 5.69 Å². The molecular weight excluding hydrogens is 268 g/mol. The molecule has 3 N–H and O–H groups in total. The highest BCUT2D eigenvalue weighted by atomic mass is 16.6. The number of carbonyl (C=O) groups excluding carboxylic acids is 1. The molecule has 1 aromatic carbocycles. The molecule has 2 unspecified atom stereocenters. The summed E-state index contributed by atoms with van der Waals surface area (Å²) in [5, 5.41) is 33.0. The number of hydrogen-bond acceptors (Lipinski definition) is 6. The van der Waals surface area contributed by atoms with Gasteiger partial charge in [-0.2, -0.15) is 0 Å². The summed E-state index contributed by atoms with van der Waals surface area (Å²) in [6.07, 6.45) is -2.85. The van der Waals surface area contributed by atoms with Crippen molar-refractivity contribution in [1.29, 1.82) is 0 Å². The fourth-order valence-corrected chi connectivity index (χ4v) is 1.63. The van der Waals surface area contributed by atoms with E-state index in [9.17, 15) is 25.1 Å². The van der Waals surface area contributed by atoms with Gasteiger partial charge < -0.3 is 20.3 Å². The van der Waals surface area contributed by atoms with Gasteiger partial charge in [-0.15, -0.1) is 0 Å². The molecule has 0 radical (unpaired) electrons. The molecule has 0 heterocycles. The Kier molecular flexibility index (Phi) is 5.42. The highest BCUT2D eigenvalue weighted by Crippen LogP contribution is 2.30. The Morgan fingerprint density at radius 1 is 1.50 bits per heavy atom. The zero-order valence-corrected chi connectivity index (χ0v) is 11.1. The minimum absolute atomic E-state index is 0.0475. The highest BCUT2D eigenvalue weighted by molar-refractivity contribution is 5.72. The minimum atomic E-state index is -1.49. The number of hydrogen-bond donors (Lipinski definition) is 3. The van der Waals surface area contributed by atoms with Gasteiger partial charge in [0.2, 0.25) is 5.91 Å². The predicted octanol–water partition coefficient (Wildman–Crippen LogP) is 0.134. The molecule has 110 valence electrons. The van der Waals surface area contributed by atoms with Gasteiger partial charge in [0.15, 0.2) is 0 Å². The Labute approximate surface area is 115 Å². The van der Waals surface area contributed by atoms with Crippen LogP contribution in [0, 0.1) is 10.1 Å². The SMILES string of the molecule is COc1ccc(C(O)C(O)CNC(C)=O)c([N+](=O)[O-])c1. The second kappa shape index (κ2) is 6.83. The lowest BCUT2D eigenvalue weighted by atomic mass is 10.0. The van der Waals surface area contributed by atoms with Crippen LogP contribution in [0.5, 0.6) is 5.75 Å². The first-order valence-electron chi connectivity index (χ1n) is 5.79. The van der Waals surface area contributed by atoms with Gasteiger partial charge in [-0.25, -0.2) is 0 Å². The molecule has 8 nitrogen and oxygen atoms in total. The van der Waals surface area contributed by atoms with E-state index in [-0.39, 0.29) is 29.5 Å². The van der Waals surface area contributed by atoms with Crippen LogP contribution in [0.3, 0.4) is 0 Å². The van der Waals surface area contributed by atoms with Crippen molar-refractivity contribution in [2.75, 3.05) is 13.7 Å². The lowest BCUT2D eigenvalue weighted by molar-refractivity contribution is -0.386. The molecule has 0 aliphatic carbocycles. The molecule has 0 saturated carbocycles. The topological polar surface area (TPSA) is 122 Å². The lowest BCUT2D eigenvalue weighted by Crippen LogP contribution is -2.34. The molecule has 0 aliphatic heterocycles. The van der Waals surface area contributed by atoms with Crippen molar-refractivity contribution in [1.82, 2.24) is 5.32 Å². The zero-order valence-electron chi connectivity index (χ0n) is 11.1.